The van der Waals surface area contributed by atoms with Crippen molar-refractivity contribution in [1.82, 2.24) is 10.2 Å². The van der Waals surface area contributed by atoms with Crippen LogP contribution in [0.4, 0.5) is 0 Å². The molecule has 0 atom stereocenters. The molecule has 5 heteroatoms. The zero-order chi connectivity index (χ0) is 14.7. The van der Waals surface area contributed by atoms with E-state index in [-0.39, 0.29) is 5.91 Å². The van der Waals surface area contributed by atoms with Gasteiger partial charge in [-0.05, 0) is 66.9 Å². The highest BCUT2D eigenvalue weighted by molar-refractivity contribution is 9.10. The summed E-state index contributed by atoms with van der Waals surface area (Å²) in [4.78, 5) is 14.5. The third-order valence-electron chi connectivity index (χ3n) is 4.13. The fourth-order valence-electron chi connectivity index (χ4n) is 2.77. The Labute approximate surface area is 133 Å². The molecule has 0 spiro atoms. The predicted octanol–water partition coefficient (Wildman–Crippen LogP) is 3.71. The summed E-state index contributed by atoms with van der Waals surface area (Å²) in [6.07, 6.45) is 4.34. The van der Waals surface area contributed by atoms with Gasteiger partial charge < -0.3 is 10.2 Å². The van der Waals surface area contributed by atoms with Gasteiger partial charge >= 0.3 is 0 Å². The molecular formula is C15H20BrClN2O. The lowest BCUT2D eigenvalue weighted by Crippen LogP contribution is -2.42. The predicted molar refractivity (Wildman–Crippen MR) is 86.3 cm³/mol. The van der Waals surface area contributed by atoms with Gasteiger partial charge in [-0.2, -0.15) is 0 Å². The van der Waals surface area contributed by atoms with Crippen LogP contribution in [-0.4, -0.2) is 37.0 Å². The van der Waals surface area contributed by atoms with Crippen LogP contribution in [0.5, 0.6) is 0 Å². The molecular weight excluding hydrogens is 340 g/mol. The maximum Gasteiger partial charge on any atom is 0.255 e. The molecule has 1 aliphatic carbocycles. The van der Waals surface area contributed by atoms with E-state index in [0.29, 0.717) is 22.7 Å². The molecule has 1 saturated carbocycles. The molecule has 3 nitrogen and oxygen atoms in total. The van der Waals surface area contributed by atoms with Gasteiger partial charge in [0.05, 0.1) is 5.56 Å². The van der Waals surface area contributed by atoms with E-state index in [2.05, 4.69) is 21.2 Å². The Morgan fingerprint density at radius 1 is 1.35 bits per heavy atom. The first-order chi connectivity index (χ1) is 9.52. The highest BCUT2D eigenvalue weighted by atomic mass is 79.9. The number of carbonyl (C=O) groups excluding carboxylic acids is 1. The minimum Gasteiger partial charge on any atom is -0.339 e. The van der Waals surface area contributed by atoms with Crippen LogP contribution in [0, 0.1) is 0 Å². The summed E-state index contributed by atoms with van der Waals surface area (Å²) >= 11 is 9.42. The first-order valence-corrected chi connectivity index (χ1v) is 8.09. The van der Waals surface area contributed by atoms with Gasteiger partial charge in [-0.1, -0.05) is 11.6 Å². The van der Waals surface area contributed by atoms with Crippen molar-refractivity contribution in [2.45, 2.75) is 37.8 Å². The molecule has 0 aromatic heterocycles. The van der Waals surface area contributed by atoms with Crippen molar-refractivity contribution in [2.24, 2.45) is 0 Å². The Bertz CT molecular complexity index is 487. The van der Waals surface area contributed by atoms with Crippen molar-refractivity contribution in [3.8, 4) is 0 Å². The van der Waals surface area contributed by atoms with Crippen molar-refractivity contribution in [3.05, 3.63) is 33.3 Å². The van der Waals surface area contributed by atoms with Gasteiger partial charge in [-0.25, -0.2) is 0 Å². The van der Waals surface area contributed by atoms with E-state index in [1.54, 1.807) is 12.1 Å². The average Bonchev–Trinajstić information content (AvgIpc) is 2.48. The molecule has 0 heterocycles. The fourth-order valence-corrected chi connectivity index (χ4v) is 3.36. The first kappa shape index (κ1) is 15.8. The minimum atomic E-state index is 0.0345. The van der Waals surface area contributed by atoms with Crippen molar-refractivity contribution in [2.75, 3.05) is 14.1 Å². The summed E-state index contributed by atoms with van der Waals surface area (Å²) in [7, 11) is 3.89. The zero-order valence-corrected chi connectivity index (χ0v) is 14.2. The number of benzene rings is 1. The summed E-state index contributed by atoms with van der Waals surface area (Å²) in [6, 6.07) is 6.23. The summed E-state index contributed by atoms with van der Waals surface area (Å²) in [5.41, 5.74) is 0.635. The van der Waals surface area contributed by atoms with Crippen molar-refractivity contribution in [1.29, 1.82) is 0 Å². The SMILES string of the molecule is CNC1CCC(N(C)C(=O)c2cc(Cl)ccc2Br)CC1. The van der Waals surface area contributed by atoms with Gasteiger partial charge in [0.1, 0.15) is 0 Å². The van der Waals surface area contributed by atoms with E-state index in [1.807, 2.05) is 25.1 Å². The number of amides is 1. The van der Waals surface area contributed by atoms with Crippen LogP contribution < -0.4 is 5.32 Å². The van der Waals surface area contributed by atoms with Crippen molar-refractivity contribution in [3.63, 3.8) is 0 Å². The van der Waals surface area contributed by atoms with Gasteiger partial charge in [-0.15, -0.1) is 0 Å². The van der Waals surface area contributed by atoms with E-state index < -0.39 is 0 Å². The quantitative estimate of drug-likeness (QED) is 0.892. The molecule has 1 aromatic rings. The molecule has 1 N–H and O–H groups in total. The number of nitrogens with zero attached hydrogens (tertiary/aromatic N) is 1. The maximum absolute atomic E-state index is 12.6. The van der Waals surface area contributed by atoms with E-state index in [1.165, 1.54) is 0 Å². The molecule has 2 rings (SSSR count). The highest BCUT2D eigenvalue weighted by Gasteiger charge is 2.27. The smallest absolute Gasteiger partial charge is 0.255 e. The average molecular weight is 360 g/mol. The van der Waals surface area contributed by atoms with Crippen LogP contribution in [0.1, 0.15) is 36.0 Å². The van der Waals surface area contributed by atoms with E-state index in [4.69, 9.17) is 11.6 Å². The van der Waals surface area contributed by atoms with Crippen LogP contribution in [-0.2, 0) is 0 Å². The molecule has 0 saturated heterocycles. The number of rotatable bonds is 3. The van der Waals surface area contributed by atoms with E-state index >= 15 is 0 Å². The molecule has 20 heavy (non-hydrogen) atoms. The second-order valence-electron chi connectivity index (χ2n) is 5.33. The van der Waals surface area contributed by atoms with E-state index in [9.17, 15) is 4.79 Å². The Hall–Kier alpha value is -0.580. The standard InChI is InChI=1S/C15H20BrClN2O/c1-18-11-4-6-12(7-5-11)19(2)15(20)13-9-10(17)3-8-14(13)16/h3,8-9,11-12,18H,4-7H2,1-2H3. The van der Waals surface area contributed by atoms with Crippen LogP contribution in [0.25, 0.3) is 0 Å². The number of halogens is 2. The summed E-state index contributed by atoms with van der Waals surface area (Å²) in [6.45, 7) is 0. The Kier molecular flexibility index (Phi) is 5.47. The molecule has 0 bridgehead atoms. The van der Waals surface area contributed by atoms with Crippen molar-refractivity contribution < 1.29 is 4.79 Å². The lowest BCUT2D eigenvalue weighted by atomic mass is 9.90. The van der Waals surface area contributed by atoms with Gasteiger partial charge in [0.25, 0.3) is 5.91 Å². The molecule has 1 aromatic carbocycles. The normalized spacial score (nSPS) is 22.6. The zero-order valence-electron chi connectivity index (χ0n) is 11.8. The molecule has 1 fully saturated rings. The van der Waals surface area contributed by atoms with Gasteiger partial charge in [-0.3, -0.25) is 4.79 Å². The largest absolute Gasteiger partial charge is 0.339 e. The Balaban J connectivity index is 2.07. The maximum atomic E-state index is 12.6. The summed E-state index contributed by atoms with van der Waals surface area (Å²) in [5.74, 6) is 0.0345. The summed E-state index contributed by atoms with van der Waals surface area (Å²) < 4.78 is 0.794. The Morgan fingerprint density at radius 2 is 2.00 bits per heavy atom. The van der Waals surface area contributed by atoms with Gasteiger partial charge in [0.2, 0.25) is 0 Å². The Morgan fingerprint density at radius 3 is 2.60 bits per heavy atom. The lowest BCUT2D eigenvalue weighted by Gasteiger charge is -2.34. The molecule has 0 unspecified atom stereocenters. The third-order valence-corrected chi connectivity index (χ3v) is 5.06. The van der Waals surface area contributed by atoms with Crippen LogP contribution in [0.3, 0.4) is 0 Å². The number of hydrogen-bond donors (Lipinski definition) is 1. The highest BCUT2D eigenvalue weighted by Crippen LogP contribution is 2.26. The van der Waals surface area contributed by atoms with Crippen LogP contribution in [0.15, 0.2) is 22.7 Å². The monoisotopic (exact) mass is 358 g/mol. The van der Waals surface area contributed by atoms with Crippen molar-refractivity contribution >= 4 is 33.4 Å². The van der Waals surface area contributed by atoms with Crippen LogP contribution in [0.2, 0.25) is 5.02 Å². The molecule has 0 radical (unpaired) electrons. The molecule has 1 amide bonds. The van der Waals surface area contributed by atoms with Crippen LogP contribution >= 0.6 is 27.5 Å². The topological polar surface area (TPSA) is 32.3 Å². The third kappa shape index (κ3) is 3.54. The first-order valence-electron chi connectivity index (χ1n) is 6.92. The molecule has 110 valence electrons. The minimum absolute atomic E-state index is 0.0345. The fraction of sp³-hybridized carbons (Fsp3) is 0.533. The summed E-state index contributed by atoms with van der Waals surface area (Å²) in [5, 5.41) is 3.90. The molecule has 0 aliphatic heterocycles. The molecule has 1 aliphatic rings. The number of carbonyl (C=O) groups is 1. The number of hydrogen-bond acceptors (Lipinski definition) is 2. The van der Waals surface area contributed by atoms with Gasteiger partial charge in [0, 0.05) is 28.6 Å². The second-order valence-corrected chi connectivity index (χ2v) is 6.63. The van der Waals surface area contributed by atoms with Gasteiger partial charge in [0.15, 0.2) is 0 Å². The van der Waals surface area contributed by atoms with E-state index in [0.717, 1.165) is 30.2 Å². The second kappa shape index (κ2) is 6.92. The lowest BCUT2D eigenvalue weighted by molar-refractivity contribution is 0.0685. The number of nitrogens with one attached hydrogen (secondary N) is 1.